The Balaban J connectivity index is 2.13. The first-order valence-corrected chi connectivity index (χ1v) is 7.69. The summed E-state index contributed by atoms with van der Waals surface area (Å²) in [6.07, 6.45) is 0. The Hall–Kier alpha value is -1.75. The van der Waals surface area contributed by atoms with E-state index in [2.05, 4.69) is 43.9 Å². The predicted molar refractivity (Wildman–Crippen MR) is 87.6 cm³/mol. The molecule has 5 nitrogen and oxygen atoms in total. The Morgan fingerprint density at radius 3 is 2.36 bits per heavy atom. The van der Waals surface area contributed by atoms with Crippen molar-refractivity contribution in [2.45, 2.75) is 26.2 Å². The van der Waals surface area contributed by atoms with Gasteiger partial charge in [0.2, 0.25) is 5.91 Å². The molecule has 0 bridgehead atoms. The van der Waals surface area contributed by atoms with Crippen molar-refractivity contribution in [1.29, 1.82) is 0 Å². The number of aliphatic hydroxyl groups excluding tert-OH is 1. The minimum absolute atomic E-state index is 0.0378. The Labute approximate surface area is 132 Å². The molecule has 0 aliphatic carbocycles. The fraction of sp³-hybridized carbons (Fsp3) is 0.588. The van der Waals surface area contributed by atoms with Gasteiger partial charge in [0.25, 0.3) is 0 Å². The number of ether oxygens (including phenoxy) is 1. The maximum atomic E-state index is 11.5. The number of hydrogen-bond acceptors (Lipinski definition) is 4. The topological polar surface area (TPSA) is 53.0 Å². The van der Waals surface area contributed by atoms with Gasteiger partial charge in [0.05, 0.1) is 7.11 Å². The van der Waals surface area contributed by atoms with Crippen LogP contribution in [0.5, 0.6) is 5.75 Å². The van der Waals surface area contributed by atoms with Gasteiger partial charge in [0.15, 0.2) is 0 Å². The van der Waals surface area contributed by atoms with Crippen molar-refractivity contribution < 1.29 is 14.6 Å². The van der Waals surface area contributed by atoms with Crippen molar-refractivity contribution in [3.63, 3.8) is 0 Å². The molecule has 1 N–H and O–H groups in total. The van der Waals surface area contributed by atoms with Crippen LogP contribution in [-0.4, -0.2) is 55.8 Å². The quantitative estimate of drug-likeness (QED) is 0.922. The minimum atomic E-state index is -0.409. The Morgan fingerprint density at radius 2 is 1.86 bits per heavy atom. The molecule has 1 aromatic carbocycles. The number of hydrogen-bond donors (Lipinski definition) is 1. The molecule has 122 valence electrons. The van der Waals surface area contributed by atoms with E-state index in [9.17, 15) is 4.79 Å². The van der Waals surface area contributed by atoms with Crippen LogP contribution in [0.3, 0.4) is 0 Å². The smallest absolute Gasteiger partial charge is 0.248 e. The molecule has 1 aliphatic heterocycles. The largest absolute Gasteiger partial charge is 0.496 e. The van der Waals surface area contributed by atoms with Gasteiger partial charge in [-0.1, -0.05) is 26.8 Å². The van der Waals surface area contributed by atoms with Crippen LogP contribution < -0.4 is 9.64 Å². The molecule has 1 aromatic rings. The number of amides is 1. The predicted octanol–water partition coefficient (Wildman–Crippen LogP) is 1.63. The fourth-order valence-corrected chi connectivity index (χ4v) is 2.81. The normalized spacial score (nSPS) is 15.9. The summed E-state index contributed by atoms with van der Waals surface area (Å²) in [4.78, 5) is 15.5. The molecular formula is C17H26N2O3. The lowest BCUT2D eigenvalue weighted by Crippen LogP contribution is -2.49. The van der Waals surface area contributed by atoms with Crippen molar-refractivity contribution in [2.24, 2.45) is 0 Å². The number of carbonyl (C=O) groups excluding carboxylic acids is 1. The molecule has 1 amide bonds. The van der Waals surface area contributed by atoms with Crippen LogP contribution in [0, 0.1) is 0 Å². The van der Waals surface area contributed by atoms with Gasteiger partial charge in [0.1, 0.15) is 12.4 Å². The van der Waals surface area contributed by atoms with Crippen LogP contribution in [0.15, 0.2) is 18.2 Å². The zero-order chi connectivity index (χ0) is 16.3. The van der Waals surface area contributed by atoms with Gasteiger partial charge in [-0.25, -0.2) is 0 Å². The van der Waals surface area contributed by atoms with E-state index in [1.54, 1.807) is 12.0 Å². The standard InChI is InChI=1S/C17H26N2O3/c1-17(2,3)14-6-5-13(11-15(14)22-4)18-7-9-19(10-8-18)16(21)12-20/h5-6,11,20H,7-10,12H2,1-4H3. The number of nitrogens with zero attached hydrogens (tertiary/aromatic N) is 2. The third kappa shape index (κ3) is 3.53. The maximum Gasteiger partial charge on any atom is 0.248 e. The zero-order valence-electron chi connectivity index (χ0n) is 13.9. The summed E-state index contributed by atoms with van der Waals surface area (Å²) in [5.74, 6) is 0.708. The number of aliphatic hydroxyl groups is 1. The highest BCUT2D eigenvalue weighted by molar-refractivity contribution is 5.77. The highest BCUT2D eigenvalue weighted by atomic mass is 16.5. The van der Waals surface area contributed by atoms with Crippen LogP contribution >= 0.6 is 0 Å². The molecular weight excluding hydrogens is 280 g/mol. The summed E-state index contributed by atoms with van der Waals surface area (Å²) >= 11 is 0. The molecule has 0 radical (unpaired) electrons. The van der Waals surface area contributed by atoms with Crippen LogP contribution in [0.1, 0.15) is 26.3 Å². The van der Waals surface area contributed by atoms with Crippen molar-refractivity contribution in [3.8, 4) is 5.75 Å². The zero-order valence-corrected chi connectivity index (χ0v) is 13.9. The SMILES string of the molecule is COc1cc(N2CCN(C(=O)CO)CC2)ccc1C(C)(C)C. The van der Waals surface area contributed by atoms with E-state index in [1.165, 1.54) is 5.56 Å². The summed E-state index contributed by atoms with van der Waals surface area (Å²) in [6.45, 7) is 8.92. The monoisotopic (exact) mass is 306 g/mol. The van der Waals surface area contributed by atoms with E-state index in [1.807, 2.05) is 0 Å². The van der Waals surface area contributed by atoms with Crippen LogP contribution in [0.4, 0.5) is 5.69 Å². The third-order valence-electron chi connectivity index (χ3n) is 4.13. The van der Waals surface area contributed by atoms with Gasteiger partial charge in [-0.3, -0.25) is 4.79 Å². The van der Waals surface area contributed by atoms with Gasteiger partial charge in [-0.05, 0) is 17.0 Å². The minimum Gasteiger partial charge on any atom is -0.496 e. The molecule has 0 saturated carbocycles. The van der Waals surface area contributed by atoms with Crippen molar-refractivity contribution >= 4 is 11.6 Å². The van der Waals surface area contributed by atoms with Gasteiger partial charge < -0.3 is 19.6 Å². The summed E-state index contributed by atoms with van der Waals surface area (Å²) in [6, 6.07) is 6.32. The summed E-state index contributed by atoms with van der Waals surface area (Å²) < 4.78 is 5.56. The van der Waals surface area contributed by atoms with Gasteiger partial charge in [-0.2, -0.15) is 0 Å². The third-order valence-corrected chi connectivity index (χ3v) is 4.13. The van der Waals surface area contributed by atoms with Crippen LogP contribution in [0.2, 0.25) is 0 Å². The number of methoxy groups -OCH3 is 1. The molecule has 0 aromatic heterocycles. The summed E-state index contributed by atoms with van der Waals surface area (Å²) in [5.41, 5.74) is 2.34. The summed E-state index contributed by atoms with van der Waals surface area (Å²) in [5, 5.41) is 8.92. The number of anilines is 1. The van der Waals surface area contributed by atoms with E-state index in [0.29, 0.717) is 13.1 Å². The average molecular weight is 306 g/mol. The van der Waals surface area contributed by atoms with Crippen molar-refractivity contribution in [3.05, 3.63) is 23.8 Å². The van der Waals surface area contributed by atoms with E-state index in [4.69, 9.17) is 9.84 Å². The van der Waals surface area contributed by atoms with Crippen LogP contribution in [-0.2, 0) is 10.2 Å². The lowest BCUT2D eigenvalue weighted by atomic mass is 9.86. The molecule has 5 heteroatoms. The second-order valence-corrected chi connectivity index (χ2v) is 6.66. The Morgan fingerprint density at radius 1 is 1.23 bits per heavy atom. The molecule has 0 spiro atoms. The first kappa shape index (κ1) is 16.6. The molecule has 1 aliphatic rings. The van der Waals surface area contributed by atoms with Gasteiger partial charge in [-0.15, -0.1) is 0 Å². The molecule has 0 atom stereocenters. The summed E-state index contributed by atoms with van der Waals surface area (Å²) in [7, 11) is 1.70. The van der Waals surface area contributed by atoms with E-state index >= 15 is 0 Å². The molecule has 22 heavy (non-hydrogen) atoms. The van der Waals surface area contributed by atoms with E-state index in [-0.39, 0.29) is 11.3 Å². The molecule has 1 saturated heterocycles. The number of benzene rings is 1. The second-order valence-electron chi connectivity index (χ2n) is 6.66. The maximum absolute atomic E-state index is 11.5. The molecule has 2 rings (SSSR count). The molecule has 1 fully saturated rings. The Bertz CT molecular complexity index is 529. The van der Waals surface area contributed by atoms with Crippen LogP contribution in [0.25, 0.3) is 0 Å². The molecule has 0 unspecified atom stereocenters. The van der Waals surface area contributed by atoms with Gasteiger partial charge >= 0.3 is 0 Å². The lowest BCUT2D eigenvalue weighted by molar-refractivity contribution is -0.134. The highest BCUT2D eigenvalue weighted by Crippen LogP contribution is 2.34. The first-order valence-electron chi connectivity index (χ1n) is 7.69. The first-order chi connectivity index (χ1) is 10.4. The van der Waals surface area contributed by atoms with Gasteiger partial charge in [0, 0.05) is 37.9 Å². The lowest BCUT2D eigenvalue weighted by Gasteiger charge is -2.36. The molecule has 1 heterocycles. The average Bonchev–Trinajstić information content (AvgIpc) is 2.52. The fourth-order valence-electron chi connectivity index (χ4n) is 2.81. The van der Waals surface area contributed by atoms with Crippen molar-refractivity contribution in [1.82, 2.24) is 4.90 Å². The highest BCUT2D eigenvalue weighted by Gasteiger charge is 2.23. The number of rotatable bonds is 3. The van der Waals surface area contributed by atoms with E-state index in [0.717, 1.165) is 24.5 Å². The number of carbonyl (C=O) groups is 1. The van der Waals surface area contributed by atoms with E-state index < -0.39 is 6.61 Å². The number of piperazine rings is 1. The Kier molecular flexibility index (Phi) is 4.96. The second kappa shape index (κ2) is 6.57. The van der Waals surface area contributed by atoms with Crippen molar-refractivity contribution in [2.75, 3.05) is 44.8 Å².